The topological polar surface area (TPSA) is 56.7 Å². The molecule has 0 unspecified atom stereocenters. The lowest BCUT2D eigenvalue weighted by Crippen LogP contribution is -2.00. The number of allylic oxidation sites excluding steroid dienone is 2. The van der Waals surface area contributed by atoms with E-state index in [1.807, 2.05) is 78.9 Å². The Morgan fingerprint density at radius 2 is 1.30 bits per heavy atom. The number of rotatable bonds is 6. The average molecular weight is 567 g/mol. The lowest BCUT2D eigenvalue weighted by atomic mass is 10.0. The molecule has 0 radical (unpaired) electrons. The first-order chi connectivity index (χ1) is 21.8. The van der Waals surface area contributed by atoms with Gasteiger partial charge in [0, 0.05) is 56.4 Å². The van der Waals surface area contributed by atoms with Crippen LogP contribution in [0.15, 0.2) is 151 Å². The highest BCUT2D eigenvalue weighted by molar-refractivity contribution is 6.12. The van der Waals surface area contributed by atoms with Gasteiger partial charge in [0.2, 0.25) is 0 Å². The van der Waals surface area contributed by atoms with Crippen molar-refractivity contribution in [1.29, 1.82) is 0 Å². The van der Waals surface area contributed by atoms with E-state index in [9.17, 15) is 0 Å². The van der Waals surface area contributed by atoms with Crippen molar-refractivity contribution in [2.75, 3.05) is 0 Å². The molecule has 0 fully saturated rings. The van der Waals surface area contributed by atoms with E-state index >= 15 is 0 Å². The van der Waals surface area contributed by atoms with Crippen LogP contribution >= 0.6 is 0 Å². The van der Waals surface area contributed by atoms with Crippen LogP contribution in [-0.2, 0) is 0 Å². The Hall–Kier alpha value is -6.07. The van der Waals surface area contributed by atoms with Gasteiger partial charge in [0.05, 0.1) is 5.52 Å². The summed E-state index contributed by atoms with van der Waals surface area (Å²) in [6.45, 7) is 3.83. The van der Waals surface area contributed by atoms with Crippen molar-refractivity contribution in [3.63, 3.8) is 0 Å². The lowest BCUT2D eigenvalue weighted by Gasteiger charge is -2.09. The number of benzene rings is 5. The van der Waals surface area contributed by atoms with Gasteiger partial charge in [-0.2, -0.15) is 0 Å². The third kappa shape index (κ3) is 4.39. The molecule has 3 aromatic heterocycles. The van der Waals surface area contributed by atoms with Gasteiger partial charge in [-0.05, 0) is 24.3 Å². The summed E-state index contributed by atoms with van der Waals surface area (Å²) in [7, 11) is 0. The molecule has 0 amide bonds. The zero-order valence-electron chi connectivity index (χ0n) is 23.8. The van der Waals surface area contributed by atoms with Crippen LogP contribution in [0.25, 0.3) is 78.8 Å². The van der Waals surface area contributed by atoms with Crippen LogP contribution in [0, 0.1) is 0 Å². The number of hydrogen-bond donors (Lipinski definition) is 0. The van der Waals surface area contributed by atoms with E-state index in [4.69, 9.17) is 19.4 Å². The van der Waals surface area contributed by atoms with Gasteiger partial charge in [-0.1, -0.05) is 116 Å². The molecule has 8 rings (SSSR count). The molecular formula is C39H26N4O. The minimum Gasteiger partial charge on any atom is -0.456 e. The van der Waals surface area contributed by atoms with Gasteiger partial charge in [0.15, 0.2) is 17.5 Å². The molecule has 0 aliphatic carbocycles. The maximum Gasteiger partial charge on any atom is 0.164 e. The van der Waals surface area contributed by atoms with Crippen molar-refractivity contribution in [3.05, 3.63) is 152 Å². The molecule has 44 heavy (non-hydrogen) atoms. The van der Waals surface area contributed by atoms with Gasteiger partial charge in [0.1, 0.15) is 11.2 Å². The Morgan fingerprint density at radius 3 is 2.02 bits per heavy atom. The molecule has 0 spiro atoms. The van der Waals surface area contributed by atoms with Crippen LogP contribution in [0.5, 0.6) is 0 Å². The number of furan rings is 1. The molecule has 0 aliphatic rings. The Bertz CT molecular complexity index is 2290. The standard InChI is InChI=1S/C39H26N4O/c1-2-3-13-28-25-43(33-20-11-10-18-30(28)33)29-22-23-31-35(24-29)44-34-21-12-19-32(36(31)34)39-41-37(26-14-6-4-7-15-26)40-38(42-39)27-16-8-5-9-17-27/h2-25H,1H2/b13-3-. The van der Waals surface area contributed by atoms with E-state index in [0.29, 0.717) is 17.5 Å². The highest BCUT2D eigenvalue weighted by Crippen LogP contribution is 2.38. The minimum atomic E-state index is 0.602. The fourth-order valence-electron chi connectivity index (χ4n) is 5.80. The SMILES string of the molecule is C=C/C=C\c1cn(-c2ccc3c(c2)oc2cccc(-c4nc(-c5ccccc5)nc(-c5ccccc5)n4)c23)c2ccccc12. The second-order valence-electron chi connectivity index (χ2n) is 10.6. The summed E-state index contributed by atoms with van der Waals surface area (Å²) < 4.78 is 8.68. The van der Waals surface area contributed by atoms with E-state index in [1.165, 1.54) is 5.39 Å². The predicted octanol–water partition coefficient (Wildman–Crippen LogP) is 9.92. The molecule has 0 N–H and O–H groups in total. The summed E-state index contributed by atoms with van der Waals surface area (Å²) in [5.41, 5.74) is 7.62. The van der Waals surface area contributed by atoms with Gasteiger partial charge in [-0.25, -0.2) is 15.0 Å². The predicted molar refractivity (Wildman–Crippen MR) is 179 cm³/mol. The summed E-state index contributed by atoms with van der Waals surface area (Å²) in [5, 5.41) is 3.16. The summed E-state index contributed by atoms with van der Waals surface area (Å²) in [5.74, 6) is 1.86. The second-order valence-corrected chi connectivity index (χ2v) is 10.6. The summed E-state index contributed by atoms with van der Waals surface area (Å²) in [4.78, 5) is 14.8. The van der Waals surface area contributed by atoms with Gasteiger partial charge < -0.3 is 8.98 Å². The number of fused-ring (bicyclic) bond motifs is 4. The molecule has 5 aromatic carbocycles. The highest BCUT2D eigenvalue weighted by Gasteiger charge is 2.18. The van der Waals surface area contributed by atoms with Crippen molar-refractivity contribution in [3.8, 4) is 39.9 Å². The van der Waals surface area contributed by atoms with E-state index in [2.05, 4.69) is 71.9 Å². The third-order valence-corrected chi connectivity index (χ3v) is 7.85. The van der Waals surface area contributed by atoms with Crippen molar-refractivity contribution in [2.45, 2.75) is 0 Å². The van der Waals surface area contributed by atoms with Crippen LogP contribution in [0.3, 0.4) is 0 Å². The fraction of sp³-hybridized carbons (Fsp3) is 0. The van der Waals surface area contributed by atoms with Crippen molar-refractivity contribution in [2.24, 2.45) is 0 Å². The third-order valence-electron chi connectivity index (χ3n) is 7.85. The van der Waals surface area contributed by atoms with Crippen LogP contribution in [-0.4, -0.2) is 19.5 Å². The van der Waals surface area contributed by atoms with Crippen LogP contribution in [0.2, 0.25) is 0 Å². The van der Waals surface area contributed by atoms with Gasteiger partial charge >= 0.3 is 0 Å². The highest BCUT2D eigenvalue weighted by atomic mass is 16.3. The molecule has 0 saturated heterocycles. The average Bonchev–Trinajstić information content (AvgIpc) is 3.66. The fourth-order valence-corrected chi connectivity index (χ4v) is 5.80. The van der Waals surface area contributed by atoms with Crippen LogP contribution < -0.4 is 0 Å². The van der Waals surface area contributed by atoms with Gasteiger partial charge in [-0.15, -0.1) is 0 Å². The molecular weight excluding hydrogens is 540 g/mol. The first kappa shape index (κ1) is 25.6. The number of nitrogens with zero attached hydrogens (tertiary/aromatic N) is 4. The number of aromatic nitrogens is 4. The molecule has 0 atom stereocenters. The first-order valence-corrected chi connectivity index (χ1v) is 14.5. The Morgan fingerprint density at radius 1 is 0.614 bits per heavy atom. The molecule has 0 saturated carbocycles. The largest absolute Gasteiger partial charge is 0.456 e. The molecule has 8 aromatic rings. The van der Waals surface area contributed by atoms with E-state index in [1.54, 1.807) is 6.08 Å². The minimum absolute atomic E-state index is 0.602. The van der Waals surface area contributed by atoms with Crippen molar-refractivity contribution < 1.29 is 4.42 Å². The Kier molecular flexibility index (Phi) is 6.20. The van der Waals surface area contributed by atoms with Gasteiger partial charge in [0.25, 0.3) is 0 Å². The smallest absolute Gasteiger partial charge is 0.164 e. The zero-order valence-corrected chi connectivity index (χ0v) is 23.8. The summed E-state index contributed by atoms with van der Waals surface area (Å²) >= 11 is 0. The van der Waals surface area contributed by atoms with Crippen LogP contribution in [0.1, 0.15) is 5.56 Å². The quantitative estimate of drug-likeness (QED) is 0.188. The van der Waals surface area contributed by atoms with Crippen molar-refractivity contribution in [1.82, 2.24) is 19.5 Å². The molecule has 208 valence electrons. The van der Waals surface area contributed by atoms with E-state index < -0.39 is 0 Å². The Labute approximate surface area is 254 Å². The summed E-state index contributed by atoms with van der Waals surface area (Å²) in [6, 6.07) is 40.9. The van der Waals surface area contributed by atoms with E-state index in [-0.39, 0.29) is 0 Å². The second kappa shape index (κ2) is 10.6. The number of hydrogen-bond acceptors (Lipinski definition) is 4. The van der Waals surface area contributed by atoms with Gasteiger partial charge in [-0.3, -0.25) is 0 Å². The zero-order chi connectivity index (χ0) is 29.5. The monoisotopic (exact) mass is 566 g/mol. The summed E-state index contributed by atoms with van der Waals surface area (Å²) in [6.07, 6.45) is 7.99. The maximum absolute atomic E-state index is 6.48. The normalized spacial score (nSPS) is 11.6. The van der Waals surface area contributed by atoms with E-state index in [0.717, 1.165) is 55.4 Å². The number of para-hydroxylation sites is 1. The molecule has 0 bridgehead atoms. The van der Waals surface area contributed by atoms with Crippen LogP contribution in [0.4, 0.5) is 0 Å². The Balaban J connectivity index is 1.31. The molecule has 5 heteroatoms. The first-order valence-electron chi connectivity index (χ1n) is 14.5. The molecule has 3 heterocycles. The molecule has 5 nitrogen and oxygen atoms in total. The van der Waals surface area contributed by atoms with Crippen molar-refractivity contribution >= 4 is 38.9 Å². The molecule has 0 aliphatic heterocycles. The maximum atomic E-state index is 6.48. The lowest BCUT2D eigenvalue weighted by molar-refractivity contribution is 0.668.